The van der Waals surface area contributed by atoms with Crippen LogP contribution in [0.1, 0.15) is 26.3 Å². The van der Waals surface area contributed by atoms with Crippen LogP contribution < -0.4 is 18.9 Å². The Hall–Kier alpha value is -2.25. The Morgan fingerprint density at radius 2 is 1.56 bits per heavy atom. The summed E-state index contributed by atoms with van der Waals surface area (Å²) in [6.45, 7) is 6.77. The van der Waals surface area contributed by atoms with Gasteiger partial charge in [-0.05, 0) is 35.2 Å². The van der Waals surface area contributed by atoms with E-state index < -0.39 is 10.0 Å². The molecule has 2 aromatic rings. The number of hydrogen-bond acceptors (Lipinski definition) is 5. The Bertz CT molecular complexity index is 855. The standard InChI is InChI=1S/C20H27NO5S/c1-20(2,3)15-6-8-16(9-7-15)26-13-12-21-27(22,23)19-14-17(24-4)10-11-18(19)25-5/h6-11,14,21H,12-13H2,1-5H3. The molecule has 0 spiro atoms. The van der Waals surface area contributed by atoms with Gasteiger partial charge in [-0.25, -0.2) is 13.1 Å². The highest BCUT2D eigenvalue weighted by atomic mass is 32.2. The lowest BCUT2D eigenvalue weighted by atomic mass is 9.87. The Morgan fingerprint density at radius 3 is 2.11 bits per heavy atom. The maximum atomic E-state index is 12.5. The van der Waals surface area contributed by atoms with Gasteiger partial charge < -0.3 is 14.2 Å². The molecule has 0 aliphatic carbocycles. The van der Waals surface area contributed by atoms with Crippen molar-refractivity contribution in [2.24, 2.45) is 0 Å². The summed E-state index contributed by atoms with van der Waals surface area (Å²) < 4.78 is 43.5. The van der Waals surface area contributed by atoms with Crippen molar-refractivity contribution in [1.82, 2.24) is 4.72 Å². The van der Waals surface area contributed by atoms with Crippen molar-refractivity contribution in [3.8, 4) is 17.2 Å². The van der Waals surface area contributed by atoms with Crippen LogP contribution >= 0.6 is 0 Å². The third-order valence-corrected chi connectivity index (χ3v) is 5.53. The third-order valence-electron chi connectivity index (χ3n) is 4.04. The summed E-state index contributed by atoms with van der Waals surface area (Å²) in [7, 11) is -0.853. The zero-order chi connectivity index (χ0) is 20.1. The Balaban J connectivity index is 1.96. The van der Waals surface area contributed by atoms with Gasteiger partial charge in [-0.2, -0.15) is 0 Å². The molecule has 0 saturated carbocycles. The summed E-state index contributed by atoms with van der Waals surface area (Å²) in [5.74, 6) is 1.38. The van der Waals surface area contributed by atoms with E-state index in [9.17, 15) is 8.42 Å². The summed E-state index contributed by atoms with van der Waals surface area (Å²) in [6, 6.07) is 12.4. The molecule has 0 unspecified atom stereocenters. The average Bonchev–Trinajstić information content (AvgIpc) is 2.64. The van der Waals surface area contributed by atoms with Crippen molar-refractivity contribution in [3.63, 3.8) is 0 Å². The van der Waals surface area contributed by atoms with Crippen LogP contribution in [0.15, 0.2) is 47.4 Å². The number of ether oxygens (including phenoxy) is 3. The first-order valence-corrected chi connectivity index (χ1v) is 10.1. The van der Waals surface area contributed by atoms with Gasteiger partial charge in [0.15, 0.2) is 0 Å². The first kappa shape index (κ1) is 21.1. The number of hydrogen-bond donors (Lipinski definition) is 1. The summed E-state index contributed by atoms with van der Waals surface area (Å²) in [4.78, 5) is 0.0267. The van der Waals surface area contributed by atoms with Crippen LogP contribution in [0.4, 0.5) is 0 Å². The minimum Gasteiger partial charge on any atom is -0.497 e. The maximum absolute atomic E-state index is 12.5. The van der Waals surface area contributed by atoms with Crippen LogP contribution in [0.3, 0.4) is 0 Å². The van der Waals surface area contributed by atoms with Gasteiger partial charge >= 0.3 is 0 Å². The van der Waals surface area contributed by atoms with E-state index in [1.807, 2.05) is 24.3 Å². The first-order valence-electron chi connectivity index (χ1n) is 8.62. The number of rotatable bonds is 8. The SMILES string of the molecule is COc1ccc(OC)c(S(=O)(=O)NCCOc2ccc(C(C)(C)C)cc2)c1. The van der Waals surface area contributed by atoms with E-state index >= 15 is 0 Å². The fraction of sp³-hybridized carbons (Fsp3) is 0.400. The lowest BCUT2D eigenvalue weighted by Crippen LogP contribution is -2.28. The molecule has 0 saturated heterocycles. The third kappa shape index (κ3) is 5.61. The molecule has 27 heavy (non-hydrogen) atoms. The summed E-state index contributed by atoms with van der Waals surface area (Å²) in [5.41, 5.74) is 1.28. The maximum Gasteiger partial charge on any atom is 0.244 e. The van der Waals surface area contributed by atoms with Crippen LogP contribution in [0, 0.1) is 0 Å². The van der Waals surface area contributed by atoms with Crippen molar-refractivity contribution >= 4 is 10.0 Å². The summed E-state index contributed by atoms with van der Waals surface area (Å²) in [6.07, 6.45) is 0. The van der Waals surface area contributed by atoms with Gasteiger partial charge in [0.05, 0.1) is 14.2 Å². The second-order valence-corrected chi connectivity index (χ2v) is 8.77. The van der Waals surface area contributed by atoms with Crippen LogP contribution in [0.25, 0.3) is 0 Å². The van der Waals surface area contributed by atoms with Gasteiger partial charge in [0.25, 0.3) is 0 Å². The largest absolute Gasteiger partial charge is 0.497 e. The molecule has 0 amide bonds. The zero-order valence-corrected chi connectivity index (χ0v) is 17.2. The van der Waals surface area contributed by atoms with E-state index in [0.29, 0.717) is 11.5 Å². The molecule has 148 valence electrons. The van der Waals surface area contributed by atoms with E-state index in [4.69, 9.17) is 14.2 Å². The van der Waals surface area contributed by atoms with Gasteiger partial charge in [-0.15, -0.1) is 0 Å². The van der Waals surface area contributed by atoms with Crippen LogP contribution in [-0.2, 0) is 15.4 Å². The molecule has 0 atom stereocenters. The number of nitrogens with one attached hydrogen (secondary N) is 1. The smallest absolute Gasteiger partial charge is 0.244 e. The van der Waals surface area contributed by atoms with Gasteiger partial charge in [0.2, 0.25) is 10.0 Å². The molecule has 6 nitrogen and oxygen atoms in total. The molecule has 0 heterocycles. The second kappa shape index (κ2) is 8.63. The van der Waals surface area contributed by atoms with Gasteiger partial charge in [-0.3, -0.25) is 0 Å². The molecule has 0 bridgehead atoms. The quantitative estimate of drug-likeness (QED) is 0.696. The van der Waals surface area contributed by atoms with Crippen molar-refractivity contribution < 1.29 is 22.6 Å². The molecular formula is C20H27NO5S. The normalized spacial score (nSPS) is 11.9. The number of sulfonamides is 1. The highest BCUT2D eigenvalue weighted by Gasteiger charge is 2.20. The van der Waals surface area contributed by atoms with Gasteiger partial charge in [0.1, 0.15) is 28.8 Å². The van der Waals surface area contributed by atoms with E-state index in [2.05, 4.69) is 25.5 Å². The van der Waals surface area contributed by atoms with Crippen molar-refractivity contribution in [1.29, 1.82) is 0 Å². The minimum absolute atomic E-state index is 0.0267. The lowest BCUT2D eigenvalue weighted by Gasteiger charge is -2.19. The van der Waals surface area contributed by atoms with Crippen LogP contribution in [0.5, 0.6) is 17.2 Å². The van der Waals surface area contributed by atoms with Crippen molar-refractivity contribution in [2.45, 2.75) is 31.1 Å². The highest BCUT2D eigenvalue weighted by Crippen LogP contribution is 2.28. The Morgan fingerprint density at radius 1 is 0.926 bits per heavy atom. The van der Waals surface area contributed by atoms with Gasteiger partial charge in [0, 0.05) is 12.6 Å². The number of benzene rings is 2. The van der Waals surface area contributed by atoms with Gasteiger partial charge in [-0.1, -0.05) is 32.9 Å². The predicted molar refractivity (Wildman–Crippen MR) is 105 cm³/mol. The molecule has 2 aromatic carbocycles. The Kier molecular flexibility index (Phi) is 6.73. The first-order chi connectivity index (χ1) is 12.7. The molecule has 7 heteroatoms. The van der Waals surface area contributed by atoms with Crippen molar-refractivity contribution in [3.05, 3.63) is 48.0 Å². The Labute approximate surface area is 161 Å². The fourth-order valence-corrected chi connectivity index (χ4v) is 3.66. The van der Waals surface area contributed by atoms with E-state index in [-0.39, 0.29) is 29.2 Å². The second-order valence-electron chi connectivity index (χ2n) is 7.04. The van der Waals surface area contributed by atoms with Crippen molar-refractivity contribution in [2.75, 3.05) is 27.4 Å². The lowest BCUT2D eigenvalue weighted by molar-refractivity contribution is 0.322. The van der Waals surface area contributed by atoms with E-state index in [1.54, 1.807) is 12.1 Å². The van der Waals surface area contributed by atoms with E-state index in [0.717, 1.165) is 0 Å². The minimum atomic E-state index is -3.75. The molecular weight excluding hydrogens is 366 g/mol. The van der Waals surface area contributed by atoms with E-state index in [1.165, 1.54) is 25.8 Å². The monoisotopic (exact) mass is 393 g/mol. The van der Waals surface area contributed by atoms with Crippen LogP contribution in [0.2, 0.25) is 0 Å². The average molecular weight is 394 g/mol. The fourth-order valence-electron chi connectivity index (χ4n) is 2.47. The molecule has 0 aliphatic rings. The van der Waals surface area contributed by atoms with Crippen LogP contribution in [-0.4, -0.2) is 35.8 Å². The molecule has 0 aliphatic heterocycles. The molecule has 1 N–H and O–H groups in total. The molecule has 0 aromatic heterocycles. The molecule has 0 fully saturated rings. The zero-order valence-electron chi connectivity index (χ0n) is 16.4. The molecule has 0 radical (unpaired) electrons. The summed E-state index contributed by atoms with van der Waals surface area (Å²) >= 11 is 0. The topological polar surface area (TPSA) is 73.9 Å². The summed E-state index contributed by atoms with van der Waals surface area (Å²) in [5, 5.41) is 0. The predicted octanol–water partition coefficient (Wildman–Crippen LogP) is 3.36. The number of methoxy groups -OCH3 is 2. The highest BCUT2D eigenvalue weighted by molar-refractivity contribution is 7.89. The molecule has 2 rings (SSSR count).